The van der Waals surface area contributed by atoms with Crippen LogP contribution in [0, 0.1) is 0 Å². The molecule has 0 aliphatic rings. The van der Waals surface area contributed by atoms with E-state index in [1.165, 1.54) is 6.33 Å². The molecule has 2 heterocycles. The van der Waals surface area contributed by atoms with Gasteiger partial charge in [-0.25, -0.2) is 4.98 Å². The SMILES string of the molecule is Nc1nc2c(ncn2CCOCP(OCC(=O)c2ccccc2)OCc2cccc(Cl)c2)c(=O)[nH]1. The van der Waals surface area contributed by atoms with E-state index in [2.05, 4.69) is 15.0 Å². The van der Waals surface area contributed by atoms with E-state index in [9.17, 15) is 9.59 Å². The van der Waals surface area contributed by atoms with Crippen molar-refractivity contribution >= 4 is 42.9 Å². The van der Waals surface area contributed by atoms with Crippen molar-refractivity contribution < 1.29 is 18.6 Å². The first kappa shape index (κ1) is 25.0. The van der Waals surface area contributed by atoms with Crippen molar-refractivity contribution in [3.05, 3.63) is 87.4 Å². The number of hydrogen-bond acceptors (Lipinski definition) is 8. The van der Waals surface area contributed by atoms with Crippen molar-refractivity contribution in [1.82, 2.24) is 19.5 Å². The van der Waals surface area contributed by atoms with E-state index in [1.807, 2.05) is 18.2 Å². The van der Waals surface area contributed by atoms with E-state index in [4.69, 9.17) is 31.1 Å². The highest BCUT2D eigenvalue weighted by Gasteiger charge is 2.16. The van der Waals surface area contributed by atoms with Crippen LogP contribution in [0.1, 0.15) is 15.9 Å². The molecule has 0 aliphatic heterocycles. The van der Waals surface area contributed by atoms with Crippen LogP contribution in [0.4, 0.5) is 5.95 Å². The average molecular weight is 516 g/mol. The van der Waals surface area contributed by atoms with E-state index in [1.54, 1.807) is 41.0 Å². The van der Waals surface area contributed by atoms with Crippen LogP contribution < -0.4 is 11.3 Å². The summed E-state index contributed by atoms with van der Waals surface area (Å²) in [6.45, 7) is 0.780. The lowest BCUT2D eigenvalue weighted by Gasteiger charge is -2.18. The highest BCUT2D eigenvalue weighted by molar-refractivity contribution is 7.47. The van der Waals surface area contributed by atoms with Crippen molar-refractivity contribution in [1.29, 1.82) is 0 Å². The van der Waals surface area contributed by atoms with Gasteiger partial charge in [0.15, 0.2) is 25.3 Å². The lowest BCUT2D eigenvalue weighted by Crippen LogP contribution is -2.13. The number of nitrogen functional groups attached to an aromatic ring is 1. The molecule has 0 radical (unpaired) electrons. The predicted octanol–water partition coefficient (Wildman–Crippen LogP) is 3.76. The van der Waals surface area contributed by atoms with Crippen LogP contribution in [-0.2, 0) is 26.9 Å². The van der Waals surface area contributed by atoms with Crippen LogP contribution >= 0.6 is 20.0 Å². The Balaban J connectivity index is 1.34. The minimum absolute atomic E-state index is 0.0135. The number of Topliss-reactive ketones (excluding diaryl/α,β-unsaturated/α-hetero) is 1. The topological polar surface area (TPSA) is 134 Å². The maximum absolute atomic E-state index is 12.4. The van der Waals surface area contributed by atoms with E-state index >= 15 is 0 Å². The van der Waals surface area contributed by atoms with Crippen LogP contribution in [0.5, 0.6) is 0 Å². The van der Waals surface area contributed by atoms with Crippen molar-refractivity contribution in [2.24, 2.45) is 0 Å². The van der Waals surface area contributed by atoms with Gasteiger partial charge in [0.1, 0.15) is 13.0 Å². The summed E-state index contributed by atoms with van der Waals surface area (Å²) in [7, 11) is -1.53. The number of anilines is 1. The number of halogens is 1. The summed E-state index contributed by atoms with van der Waals surface area (Å²) in [5.74, 6) is -0.136. The van der Waals surface area contributed by atoms with Gasteiger partial charge in [0.05, 0.1) is 19.5 Å². The fraction of sp³-hybridized carbons (Fsp3) is 0.217. The molecule has 4 rings (SSSR count). The second-order valence-electron chi connectivity index (χ2n) is 7.40. The number of nitrogens with zero attached hydrogens (tertiary/aromatic N) is 3. The van der Waals surface area contributed by atoms with Gasteiger partial charge in [-0.15, -0.1) is 0 Å². The van der Waals surface area contributed by atoms with Gasteiger partial charge in [-0.05, 0) is 17.7 Å². The molecule has 2 aromatic heterocycles. The van der Waals surface area contributed by atoms with Crippen LogP contribution in [-0.4, -0.2) is 44.9 Å². The molecule has 0 amide bonds. The molecule has 182 valence electrons. The molecule has 0 saturated carbocycles. The zero-order valence-corrected chi connectivity index (χ0v) is 20.2. The summed E-state index contributed by atoms with van der Waals surface area (Å²) < 4.78 is 19.2. The number of benzene rings is 2. The Morgan fingerprint density at radius 2 is 1.97 bits per heavy atom. The Hall–Kier alpha value is -3.14. The second kappa shape index (κ2) is 12.0. The highest BCUT2D eigenvalue weighted by atomic mass is 35.5. The fourth-order valence-electron chi connectivity index (χ4n) is 3.16. The van der Waals surface area contributed by atoms with E-state index in [0.717, 1.165) is 5.56 Å². The van der Waals surface area contributed by atoms with Crippen LogP contribution in [0.15, 0.2) is 65.7 Å². The average Bonchev–Trinajstić information content (AvgIpc) is 3.26. The first-order chi connectivity index (χ1) is 17.0. The predicted molar refractivity (Wildman–Crippen MR) is 133 cm³/mol. The third kappa shape index (κ3) is 6.94. The van der Waals surface area contributed by atoms with Gasteiger partial charge in [0, 0.05) is 17.1 Å². The second-order valence-corrected chi connectivity index (χ2v) is 9.27. The van der Waals surface area contributed by atoms with Crippen molar-refractivity contribution in [3.8, 4) is 0 Å². The molecule has 0 aliphatic carbocycles. The van der Waals surface area contributed by atoms with Crippen LogP contribution in [0.2, 0.25) is 5.02 Å². The minimum Gasteiger partial charge on any atom is -0.370 e. The zero-order valence-electron chi connectivity index (χ0n) is 18.6. The largest absolute Gasteiger partial charge is 0.370 e. The molecule has 12 heteroatoms. The molecule has 1 unspecified atom stereocenters. The van der Waals surface area contributed by atoms with Crippen LogP contribution in [0.3, 0.4) is 0 Å². The highest BCUT2D eigenvalue weighted by Crippen LogP contribution is 2.39. The Morgan fingerprint density at radius 1 is 1.14 bits per heavy atom. The van der Waals surface area contributed by atoms with Gasteiger partial charge in [-0.2, -0.15) is 4.98 Å². The number of H-pyrrole nitrogens is 1. The number of nitrogens with one attached hydrogen (secondary N) is 1. The molecule has 4 aromatic rings. The van der Waals surface area contributed by atoms with Crippen molar-refractivity contribution in [3.63, 3.8) is 0 Å². The number of nitrogens with two attached hydrogens (primary N) is 1. The Labute approximate surface area is 206 Å². The summed E-state index contributed by atoms with van der Waals surface area (Å²) >= 11 is 6.05. The van der Waals surface area contributed by atoms with Gasteiger partial charge < -0.3 is 24.1 Å². The summed E-state index contributed by atoms with van der Waals surface area (Å²) in [4.78, 5) is 35.0. The first-order valence-corrected chi connectivity index (χ1v) is 12.4. The van der Waals surface area contributed by atoms with Gasteiger partial charge in [-0.3, -0.25) is 14.6 Å². The summed E-state index contributed by atoms with van der Waals surface area (Å²) in [6, 6.07) is 16.2. The lowest BCUT2D eigenvalue weighted by molar-refractivity contribution is 0.0896. The summed E-state index contributed by atoms with van der Waals surface area (Å²) in [6.07, 6.45) is 1.64. The normalized spacial score (nSPS) is 12.1. The number of carbonyl (C=O) groups is 1. The number of rotatable bonds is 12. The molecule has 0 bridgehead atoms. The molecule has 2 aromatic carbocycles. The van der Waals surface area contributed by atoms with Gasteiger partial charge >= 0.3 is 0 Å². The smallest absolute Gasteiger partial charge is 0.280 e. The van der Waals surface area contributed by atoms with E-state index in [0.29, 0.717) is 22.8 Å². The quantitative estimate of drug-likeness (QED) is 0.165. The number of aromatic nitrogens is 4. The van der Waals surface area contributed by atoms with E-state index in [-0.39, 0.29) is 43.4 Å². The maximum atomic E-state index is 12.4. The Kier molecular flexibility index (Phi) is 8.57. The Bertz CT molecular complexity index is 1350. The zero-order chi connectivity index (χ0) is 24.6. The summed E-state index contributed by atoms with van der Waals surface area (Å²) in [5, 5.41) is 0.604. The van der Waals surface area contributed by atoms with Crippen molar-refractivity contribution in [2.75, 3.05) is 25.3 Å². The molecule has 35 heavy (non-hydrogen) atoms. The summed E-state index contributed by atoms with van der Waals surface area (Å²) in [5.41, 5.74) is 7.25. The number of imidazole rings is 1. The van der Waals surface area contributed by atoms with E-state index < -0.39 is 13.9 Å². The third-order valence-corrected chi connectivity index (χ3v) is 6.33. The molecule has 10 nitrogen and oxygen atoms in total. The molecule has 0 saturated heterocycles. The van der Waals surface area contributed by atoms with Crippen LogP contribution in [0.25, 0.3) is 11.2 Å². The number of ketones is 1. The molecule has 0 spiro atoms. The minimum atomic E-state index is -1.53. The number of carbonyl (C=O) groups excluding carboxylic acids is 1. The number of fused-ring (bicyclic) bond motifs is 1. The Morgan fingerprint density at radius 3 is 2.77 bits per heavy atom. The lowest BCUT2D eigenvalue weighted by atomic mass is 10.1. The molecular weight excluding hydrogens is 493 g/mol. The fourth-order valence-corrected chi connectivity index (χ4v) is 4.43. The molecule has 0 fully saturated rings. The van der Waals surface area contributed by atoms with Crippen molar-refractivity contribution in [2.45, 2.75) is 13.2 Å². The molecular formula is C23H23ClN5O5P. The van der Waals surface area contributed by atoms with Gasteiger partial charge in [0.25, 0.3) is 5.56 Å². The maximum Gasteiger partial charge on any atom is 0.280 e. The van der Waals surface area contributed by atoms with Gasteiger partial charge in [-0.1, -0.05) is 54.1 Å². The standard InChI is InChI=1S/C23H23ClN5O5P/c24-18-8-4-5-16(11-18)12-33-35(34-13-19(30)17-6-2-1-3-7-17)15-32-10-9-29-14-26-20-21(29)27-23(25)28-22(20)31/h1-8,11,14H,9-10,12-13,15H2,(H3,25,27,28,31). The third-order valence-electron chi connectivity index (χ3n) is 4.87. The molecule has 3 N–H and O–H groups in total. The monoisotopic (exact) mass is 515 g/mol. The molecule has 1 atom stereocenters. The first-order valence-electron chi connectivity index (χ1n) is 10.6. The number of hydrogen-bond donors (Lipinski definition) is 2. The number of ether oxygens (including phenoxy) is 1. The number of aromatic amines is 1. The van der Waals surface area contributed by atoms with Gasteiger partial charge in [0.2, 0.25) is 5.95 Å².